The molecule has 0 amide bonds. The zero-order valence-electron chi connectivity index (χ0n) is 19.2. The highest BCUT2D eigenvalue weighted by molar-refractivity contribution is 5.98. The SMILES string of the molecule is COC(=O)c1ccccc1Nc1nc(N)nc2ccn(-c3ccc(N4CCN(C)CC4)cc3)c12. The van der Waals surface area contributed by atoms with Crippen LogP contribution in [-0.4, -0.2) is 65.7 Å². The quantitative estimate of drug-likeness (QED) is 0.440. The van der Waals surface area contributed by atoms with E-state index < -0.39 is 5.97 Å². The number of nitrogen functional groups attached to an aromatic ring is 1. The van der Waals surface area contributed by atoms with Crippen molar-refractivity contribution in [3.05, 3.63) is 66.4 Å². The second-order valence-corrected chi connectivity index (χ2v) is 8.32. The first-order chi connectivity index (χ1) is 16.5. The number of para-hydroxylation sites is 1. The van der Waals surface area contributed by atoms with Gasteiger partial charge in [0.05, 0.1) is 23.9 Å². The topological polar surface area (TPSA) is 102 Å². The zero-order chi connectivity index (χ0) is 23.7. The molecule has 2 aromatic carbocycles. The van der Waals surface area contributed by atoms with Crippen molar-refractivity contribution in [1.29, 1.82) is 0 Å². The van der Waals surface area contributed by atoms with Gasteiger partial charge in [-0.05, 0) is 49.5 Å². The molecule has 9 heteroatoms. The number of benzene rings is 2. The molecular formula is C25H27N7O2. The number of carbonyl (C=O) groups is 1. The minimum atomic E-state index is -0.434. The molecule has 1 saturated heterocycles. The van der Waals surface area contributed by atoms with Gasteiger partial charge in [-0.25, -0.2) is 9.78 Å². The molecule has 0 atom stereocenters. The van der Waals surface area contributed by atoms with Gasteiger partial charge in [0.1, 0.15) is 5.52 Å². The Labute approximate surface area is 197 Å². The predicted octanol–water partition coefficient (Wildman–Crippen LogP) is 3.28. The van der Waals surface area contributed by atoms with E-state index in [0.29, 0.717) is 22.6 Å². The van der Waals surface area contributed by atoms with Gasteiger partial charge in [0.2, 0.25) is 5.95 Å². The molecular weight excluding hydrogens is 430 g/mol. The number of methoxy groups -OCH3 is 1. The molecule has 0 saturated carbocycles. The van der Waals surface area contributed by atoms with E-state index in [9.17, 15) is 4.79 Å². The van der Waals surface area contributed by atoms with Gasteiger partial charge in [-0.1, -0.05) is 12.1 Å². The van der Waals surface area contributed by atoms with E-state index in [2.05, 4.69) is 56.4 Å². The standard InChI is InChI=1S/C25H27N7O2/c1-30-13-15-31(16-14-30)17-7-9-18(10-8-17)32-12-11-21-22(32)23(29-25(26)28-21)27-20-6-4-3-5-19(20)24(33)34-2/h3-12H,13-16H2,1-2H3,(H3,26,27,28,29). The molecule has 34 heavy (non-hydrogen) atoms. The summed E-state index contributed by atoms with van der Waals surface area (Å²) in [5.41, 5.74) is 10.6. The van der Waals surface area contributed by atoms with Crippen LogP contribution in [0.4, 0.5) is 23.1 Å². The van der Waals surface area contributed by atoms with Crippen LogP contribution in [0.15, 0.2) is 60.8 Å². The van der Waals surface area contributed by atoms with Crippen molar-refractivity contribution >= 4 is 40.1 Å². The highest BCUT2D eigenvalue weighted by atomic mass is 16.5. The first-order valence-corrected chi connectivity index (χ1v) is 11.2. The summed E-state index contributed by atoms with van der Waals surface area (Å²) in [5.74, 6) is 0.219. The van der Waals surface area contributed by atoms with Crippen LogP contribution in [0.5, 0.6) is 0 Å². The average Bonchev–Trinajstić information content (AvgIpc) is 3.28. The lowest BCUT2D eigenvalue weighted by atomic mass is 10.2. The minimum Gasteiger partial charge on any atom is -0.465 e. The van der Waals surface area contributed by atoms with E-state index in [-0.39, 0.29) is 5.95 Å². The highest BCUT2D eigenvalue weighted by Crippen LogP contribution is 2.30. The van der Waals surface area contributed by atoms with Crippen LogP contribution in [0, 0.1) is 0 Å². The largest absolute Gasteiger partial charge is 0.465 e. The number of esters is 1. The highest BCUT2D eigenvalue weighted by Gasteiger charge is 2.18. The first kappa shape index (κ1) is 21.7. The molecule has 3 heterocycles. The van der Waals surface area contributed by atoms with Crippen molar-refractivity contribution < 1.29 is 9.53 Å². The molecule has 0 radical (unpaired) electrons. The molecule has 0 aliphatic carbocycles. The molecule has 0 spiro atoms. The number of hydrogen-bond acceptors (Lipinski definition) is 8. The van der Waals surface area contributed by atoms with Gasteiger partial charge in [-0.2, -0.15) is 4.98 Å². The number of hydrogen-bond donors (Lipinski definition) is 2. The van der Waals surface area contributed by atoms with Gasteiger partial charge in [0.25, 0.3) is 0 Å². The minimum absolute atomic E-state index is 0.147. The lowest BCUT2D eigenvalue weighted by molar-refractivity contribution is 0.0602. The fraction of sp³-hybridized carbons (Fsp3) is 0.240. The predicted molar refractivity (Wildman–Crippen MR) is 134 cm³/mol. The van der Waals surface area contributed by atoms with Crippen molar-refractivity contribution in [3.63, 3.8) is 0 Å². The van der Waals surface area contributed by atoms with Crippen LogP contribution in [0.2, 0.25) is 0 Å². The maximum Gasteiger partial charge on any atom is 0.339 e. The van der Waals surface area contributed by atoms with Crippen molar-refractivity contribution in [3.8, 4) is 5.69 Å². The van der Waals surface area contributed by atoms with Crippen molar-refractivity contribution in [2.24, 2.45) is 0 Å². The Bertz CT molecular complexity index is 1330. The maximum atomic E-state index is 12.2. The Morgan fingerprint density at radius 1 is 0.971 bits per heavy atom. The molecule has 0 unspecified atom stereocenters. The molecule has 1 fully saturated rings. The van der Waals surface area contributed by atoms with E-state index in [1.807, 2.05) is 22.9 Å². The fourth-order valence-electron chi connectivity index (χ4n) is 4.26. The third kappa shape index (κ3) is 4.13. The van der Waals surface area contributed by atoms with Crippen LogP contribution in [0.25, 0.3) is 16.7 Å². The first-order valence-electron chi connectivity index (χ1n) is 11.2. The number of piperazine rings is 1. The molecule has 1 aliphatic heterocycles. The third-order valence-electron chi connectivity index (χ3n) is 6.13. The van der Waals surface area contributed by atoms with Crippen LogP contribution in [-0.2, 0) is 4.74 Å². The Morgan fingerprint density at radius 2 is 1.68 bits per heavy atom. The number of ether oxygens (including phenoxy) is 1. The Kier molecular flexibility index (Phi) is 5.77. The number of anilines is 4. The van der Waals surface area contributed by atoms with E-state index >= 15 is 0 Å². The van der Waals surface area contributed by atoms with Crippen LogP contribution in [0.1, 0.15) is 10.4 Å². The van der Waals surface area contributed by atoms with Crippen LogP contribution in [0.3, 0.4) is 0 Å². The number of rotatable bonds is 5. The summed E-state index contributed by atoms with van der Waals surface area (Å²) in [4.78, 5) is 25.8. The Morgan fingerprint density at radius 3 is 2.41 bits per heavy atom. The van der Waals surface area contributed by atoms with E-state index in [1.165, 1.54) is 12.8 Å². The molecule has 174 valence electrons. The molecule has 3 N–H and O–H groups in total. The number of nitrogens with zero attached hydrogens (tertiary/aromatic N) is 5. The van der Waals surface area contributed by atoms with Gasteiger partial charge in [0, 0.05) is 43.8 Å². The van der Waals surface area contributed by atoms with E-state index in [1.54, 1.807) is 18.2 Å². The Hall–Kier alpha value is -4.11. The summed E-state index contributed by atoms with van der Waals surface area (Å²) in [7, 11) is 3.51. The fourth-order valence-corrected chi connectivity index (χ4v) is 4.26. The van der Waals surface area contributed by atoms with E-state index in [4.69, 9.17) is 10.5 Å². The molecule has 9 nitrogen and oxygen atoms in total. The molecule has 2 aromatic heterocycles. The van der Waals surface area contributed by atoms with E-state index in [0.717, 1.165) is 37.4 Å². The summed E-state index contributed by atoms with van der Waals surface area (Å²) in [5, 5.41) is 3.27. The molecule has 4 aromatic rings. The average molecular weight is 458 g/mol. The van der Waals surface area contributed by atoms with Gasteiger partial charge < -0.3 is 30.2 Å². The van der Waals surface area contributed by atoms with Crippen molar-refractivity contribution in [2.75, 3.05) is 56.3 Å². The molecule has 1 aliphatic rings. The summed E-state index contributed by atoms with van der Waals surface area (Å²) in [6.45, 7) is 4.15. The lowest BCUT2D eigenvalue weighted by Crippen LogP contribution is -2.44. The van der Waals surface area contributed by atoms with Crippen molar-refractivity contribution in [1.82, 2.24) is 19.4 Å². The Balaban J connectivity index is 1.52. The van der Waals surface area contributed by atoms with Crippen LogP contribution >= 0.6 is 0 Å². The molecule has 0 bridgehead atoms. The number of carbonyl (C=O) groups excluding carboxylic acids is 1. The summed E-state index contributed by atoms with van der Waals surface area (Å²) >= 11 is 0. The van der Waals surface area contributed by atoms with Crippen molar-refractivity contribution in [2.45, 2.75) is 0 Å². The number of likely N-dealkylation sites (N-methyl/N-ethyl adjacent to an activating group) is 1. The second-order valence-electron chi connectivity index (χ2n) is 8.32. The normalized spacial score (nSPS) is 14.4. The molecule has 5 rings (SSSR count). The van der Waals surface area contributed by atoms with Gasteiger partial charge in [0.15, 0.2) is 5.82 Å². The smallest absolute Gasteiger partial charge is 0.339 e. The number of nitrogens with one attached hydrogen (secondary N) is 1. The summed E-state index contributed by atoms with van der Waals surface area (Å²) < 4.78 is 6.94. The van der Waals surface area contributed by atoms with Gasteiger partial charge in [-0.3, -0.25) is 0 Å². The number of nitrogens with two attached hydrogens (primary N) is 1. The maximum absolute atomic E-state index is 12.2. The monoisotopic (exact) mass is 457 g/mol. The number of aromatic nitrogens is 3. The lowest BCUT2D eigenvalue weighted by Gasteiger charge is -2.34. The number of fused-ring (bicyclic) bond motifs is 1. The second kappa shape index (κ2) is 9.03. The van der Waals surface area contributed by atoms with Gasteiger partial charge >= 0.3 is 5.97 Å². The zero-order valence-corrected chi connectivity index (χ0v) is 19.2. The summed E-state index contributed by atoms with van der Waals surface area (Å²) in [6, 6.07) is 17.5. The van der Waals surface area contributed by atoms with Crippen LogP contribution < -0.4 is 16.0 Å². The summed E-state index contributed by atoms with van der Waals surface area (Å²) in [6.07, 6.45) is 1.95. The van der Waals surface area contributed by atoms with Gasteiger partial charge in [-0.15, -0.1) is 0 Å². The third-order valence-corrected chi connectivity index (χ3v) is 6.13.